The number of rotatable bonds is 11. The summed E-state index contributed by atoms with van der Waals surface area (Å²) in [6.07, 6.45) is -1.17. The largest absolute Gasteiger partial charge is 0.481 e. The van der Waals surface area contributed by atoms with Gasteiger partial charge in [0.05, 0.1) is 35.4 Å². The van der Waals surface area contributed by atoms with Crippen LogP contribution in [0.2, 0.25) is 25.7 Å². The minimum Gasteiger partial charge on any atom is -0.481 e. The number of nitrogens with one attached hydrogen (secondary N) is 1. The zero-order valence-electron chi connectivity index (χ0n) is 22.2. The zero-order valence-corrected chi connectivity index (χ0v) is 23.2. The van der Waals surface area contributed by atoms with Gasteiger partial charge >= 0.3 is 12.1 Å². The molecular weight excluding hydrogens is 519 g/mol. The van der Waals surface area contributed by atoms with Gasteiger partial charge in [0.25, 0.3) is 0 Å². The summed E-state index contributed by atoms with van der Waals surface area (Å²) < 4.78 is 51.7. The lowest BCUT2D eigenvalue weighted by Crippen LogP contribution is -2.30. The van der Waals surface area contributed by atoms with E-state index in [2.05, 4.69) is 44.6 Å². The van der Waals surface area contributed by atoms with Crippen LogP contribution in [0.1, 0.15) is 31.2 Å². The maximum absolute atomic E-state index is 13.7. The molecule has 0 aliphatic rings. The molecule has 1 atom stereocenters. The molecule has 9 nitrogen and oxygen atoms in total. The van der Waals surface area contributed by atoms with E-state index < -0.39 is 31.7 Å². The van der Waals surface area contributed by atoms with Gasteiger partial charge in [0.15, 0.2) is 11.9 Å². The third-order valence-electron chi connectivity index (χ3n) is 5.73. The number of alkyl halides is 3. The van der Waals surface area contributed by atoms with Crippen LogP contribution in [0.4, 0.5) is 13.2 Å². The molecule has 0 radical (unpaired) electrons. The van der Waals surface area contributed by atoms with Crippen molar-refractivity contribution in [2.24, 2.45) is 5.41 Å². The van der Waals surface area contributed by atoms with Crippen molar-refractivity contribution in [2.45, 2.75) is 58.7 Å². The first kappa shape index (κ1) is 29.2. The van der Waals surface area contributed by atoms with Gasteiger partial charge in [-0.3, -0.25) is 9.78 Å². The topological polar surface area (TPSA) is 123 Å². The number of ether oxygens (including phenoxy) is 2. The minimum atomic E-state index is -4.59. The van der Waals surface area contributed by atoms with Gasteiger partial charge in [-0.05, 0) is 32.4 Å². The number of hydrogen-bond acceptors (Lipinski definition) is 7. The lowest BCUT2D eigenvalue weighted by Gasteiger charge is -2.22. The molecule has 0 saturated carbocycles. The highest BCUT2D eigenvalue weighted by Gasteiger charge is 2.43. The molecule has 1 unspecified atom stereocenters. The molecule has 0 aliphatic heterocycles. The van der Waals surface area contributed by atoms with E-state index in [1.807, 2.05) is 6.92 Å². The molecule has 3 heterocycles. The van der Waals surface area contributed by atoms with E-state index in [1.165, 1.54) is 12.4 Å². The number of carboxylic acids is 1. The van der Waals surface area contributed by atoms with Crippen LogP contribution < -0.4 is 4.74 Å². The quantitative estimate of drug-likeness (QED) is 0.292. The van der Waals surface area contributed by atoms with E-state index in [0.717, 1.165) is 11.8 Å². The van der Waals surface area contributed by atoms with Gasteiger partial charge in [-0.2, -0.15) is 13.2 Å². The minimum absolute atomic E-state index is 0.0112. The van der Waals surface area contributed by atoms with E-state index >= 15 is 0 Å². The molecule has 0 amide bonds. The smallest absolute Gasteiger partial charge is 0.420 e. The number of aryl methyl sites for hydroxylation is 1. The predicted octanol–water partition coefficient (Wildman–Crippen LogP) is 5.68. The fraction of sp³-hybridized carbons (Fsp3) is 0.480. The molecule has 3 rings (SSSR count). The number of carboxylic acid groups (broad SMARTS) is 1. The summed E-state index contributed by atoms with van der Waals surface area (Å²) in [6, 6.07) is 2.27. The second-order valence-electron chi connectivity index (χ2n) is 10.9. The summed E-state index contributed by atoms with van der Waals surface area (Å²) in [6.45, 7) is 11.1. The average Bonchev–Trinajstić information content (AvgIpc) is 3.29. The molecule has 38 heavy (non-hydrogen) atoms. The fourth-order valence-electron chi connectivity index (χ4n) is 3.23. The molecule has 0 saturated heterocycles. The maximum Gasteiger partial charge on any atom is 0.420 e. The van der Waals surface area contributed by atoms with Crippen LogP contribution in [0, 0.1) is 12.3 Å². The van der Waals surface area contributed by atoms with Crippen molar-refractivity contribution in [3.05, 3.63) is 42.1 Å². The number of halogens is 3. The summed E-state index contributed by atoms with van der Waals surface area (Å²) >= 11 is 0. The van der Waals surface area contributed by atoms with Gasteiger partial charge in [-0.25, -0.2) is 15.0 Å². The van der Waals surface area contributed by atoms with Gasteiger partial charge < -0.3 is 19.6 Å². The first-order chi connectivity index (χ1) is 17.6. The van der Waals surface area contributed by atoms with Gasteiger partial charge in [-0.15, -0.1) is 0 Å². The van der Waals surface area contributed by atoms with Crippen molar-refractivity contribution in [3.8, 4) is 28.7 Å². The Kier molecular flexibility index (Phi) is 8.61. The monoisotopic (exact) mass is 551 g/mol. The van der Waals surface area contributed by atoms with Crippen molar-refractivity contribution in [1.82, 2.24) is 24.9 Å². The fourth-order valence-corrected chi connectivity index (χ4v) is 3.96. The third-order valence-corrected chi connectivity index (χ3v) is 7.43. The molecular formula is C25H32F3N5O4Si. The Labute approximate surface area is 219 Å². The molecule has 206 valence electrons. The predicted molar refractivity (Wildman–Crippen MR) is 137 cm³/mol. The number of pyridine rings is 1. The number of hydrogen-bond donors (Lipinski definition) is 2. The Morgan fingerprint density at radius 2 is 1.71 bits per heavy atom. The summed E-state index contributed by atoms with van der Waals surface area (Å²) in [5.41, 5.74) is 0.934. The van der Waals surface area contributed by atoms with Crippen LogP contribution in [0.5, 0.6) is 5.88 Å². The molecule has 13 heteroatoms. The Bertz CT molecular complexity index is 1260. The Balaban J connectivity index is 1.73. The Morgan fingerprint density at radius 1 is 1.05 bits per heavy atom. The van der Waals surface area contributed by atoms with Gasteiger partial charge in [0.2, 0.25) is 5.88 Å². The number of imidazole rings is 1. The number of carbonyl (C=O) groups is 1. The SMILES string of the molecule is Cc1cc(OCC(C)(C)C(=O)O)ncc1-c1cnc(-c2ncc(C(OCC[Si](C)(C)C)C(F)(F)F)[nH]2)cn1. The number of nitrogens with zero attached hydrogens (tertiary/aromatic N) is 4. The number of H-pyrrole nitrogens is 1. The molecule has 0 bridgehead atoms. The molecule has 0 aliphatic carbocycles. The van der Waals surface area contributed by atoms with Crippen LogP contribution in [0.25, 0.3) is 22.8 Å². The van der Waals surface area contributed by atoms with Crippen LogP contribution in [0.3, 0.4) is 0 Å². The van der Waals surface area contributed by atoms with Crippen LogP contribution >= 0.6 is 0 Å². The van der Waals surface area contributed by atoms with E-state index in [-0.39, 0.29) is 36.3 Å². The van der Waals surface area contributed by atoms with Gasteiger partial charge in [0, 0.05) is 32.5 Å². The highest BCUT2D eigenvalue weighted by Crippen LogP contribution is 2.36. The van der Waals surface area contributed by atoms with Gasteiger partial charge in [0.1, 0.15) is 12.3 Å². The van der Waals surface area contributed by atoms with E-state index in [9.17, 15) is 23.1 Å². The van der Waals surface area contributed by atoms with E-state index in [0.29, 0.717) is 17.3 Å². The first-order valence-corrected chi connectivity index (χ1v) is 15.7. The average molecular weight is 552 g/mol. The molecule has 0 spiro atoms. The van der Waals surface area contributed by atoms with Crippen molar-refractivity contribution in [1.29, 1.82) is 0 Å². The van der Waals surface area contributed by atoms with Crippen LogP contribution in [-0.4, -0.2) is 63.5 Å². The standard InChI is InChI=1S/C25H32F3N5O4Si/c1-15-9-20(37-14-24(2,3)23(34)35)31-10-16(15)17-11-30-19(13-29-17)22-32-12-18(33-22)21(25(26,27)28)36-7-8-38(4,5)6/h9-13,21H,7-8,14H2,1-6H3,(H,32,33)(H,34,35). The van der Waals surface area contributed by atoms with Crippen molar-refractivity contribution >= 4 is 14.0 Å². The molecule has 2 N–H and O–H groups in total. The highest BCUT2D eigenvalue weighted by molar-refractivity contribution is 6.76. The maximum atomic E-state index is 13.7. The summed E-state index contributed by atoms with van der Waals surface area (Å²) in [5, 5.41) is 9.22. The van der Waals surface area contributed by atoms with Crippen molar-refractivity contribution in [3.63, 3.8) is 0 Å². The lowest BCUT2D eigenvalue weighted by atomic mass is 9.95. The highest BCUT2D eigenvalue weighted by atomic mass is 28.3. The van der Waals surface area contributed by atoms with Crippen molar-refractivity contribution < 1.29 is 32.5 Å². The van der Waals surface area contributed by atoms with Crippen molar-refractivity contribution in [2.75, 3.05) is 13.2 Å². The van der Waals surface area contributed by atoms with Gasteiger partial charge in [-0.1, -0.05) is 19.6 Å². The molecule has 0 aromatic carbocycles. The lowest BCUT2D eigenvalue weighted by molar-refractivity contribution is -0.223. The van der Waals surface area contributed by atoms with Crippen LogP contribution in [0.15, 0.2) is 30.9 Å². The first-order valence-electron chi connectivity index (χ1n) is 12.0. The zero-order chi connectivity index (χ0) is 28.3. The summed E-state index contributed by atoms with van der Waals surface area (Å²) in [4.78, 5) is 30.9. The molecule has 3 aromatic rings. The summed E-state index contributed by atoms with van der Waals surface area (Å²) in [7, 11) is -1.56. The Morgan fingerprint density at radius 3 is 2.26 bits per heavy atom. The normalized spacial score (nSPS) is 13.4. The van der Waals surface area contributed by atoms with Crippen LogP contribution in [-0.2, 0) is 9.53 Å². The summed E-state index contributed by atoms with van der Waals surface area (Å²) in [5.74, 6) is -0.561. The second kappa shape index (κ2) is 11.2. The Hall–Kier alpha value is -3.32. The second-order valence-corrected chi connectivity index (χ2v) is 16.5. The number of aromatic amines is 1. The molecule has 0 fully saturated rings. The third kappa shape index (κ3) is 7.60. The molecule has 3 aromatic heterocycles. The van der Waals surface area contributed by atoms with E-state index in [4.69, 9.17) is 9.47 Å². The number of aliphatic carboxylic acids is 1. The van der Waals surface area contributed by atoms with E-state index in [1.54, 1.807) is 26.1 Å². The number of aromatic nitrogens is 5.